The Bertz CT molecular complexity index is 828. The maximum absolute atomic E-state index is 12.2. The first kappa shape index (κ1) is 21.5. The van der Waals surface area contributed by atoms with Crippen LogP contribution in [0.3, 0.4) is 0 Å². The Kier molecular flexibility index (Phi) is 7.80. The Morgan fingerprint density at radius 1 is 1.34 bits per heavy atom. The summed E-state index contributed by atoms with van der Waals surface area (Å²) in [5.74, 6) is 0.692. The number of hydrogen-bond donors (Lipinski definition) is 1. The summed E-state index contributed by atoms with van der Waals surface area (Å²) in [5, 5.41) is 6.05. The third-order valence-electron chi connectivity index (χ3n) is 5.07. The minimum atomic E-state index is -0.0738. The monoisotopic (exact) mass is 414 g/mol. The van der Waals surface area contributed by atoms with Crippen molar-refractivity contribution < 1.29 is 9.53 Å². The predicted molar refractivity (Wildman–Crippen MR) is 118 cm³/mol. The van der Waals surface area contributed by atoms with Crippen LogP contribution in [-0.2, 0) is 11.4 Å². The molecule has 1 aromatic heterocycles. The largest absolute Gasteiger partial charge is 0.487 e. The van der Waals surface area contributed by atoms with Gasteiger partial charge < -0.3 is 15.0 Å². The second-order valence-electron chi connectivity index (χ2n) is 7.49. The van der Waals surface area contributed by atoms with Crippen molar-refractivity contribution in [1.82, 2.24) is 20.1 Å². The first-order chi connectivity index (χ1) is 14.0. The van der Waals surface area contributed by atoms with E-state index in [-0.39, 0.29) is 5.91 Å². The number of carbonyl (C=O) groups excluding carboxylic acids is 1. The van der Waals surface area contributed by atoms with E-state index in [1.165, 1.54) is 0 Å². The minimum Gasteiger partial charge on any atom is -0.487 e. The predicted octanol–water partition coefficient (Wildman–Crippen LogP) is 2.80. The topological polar surface area (TPSA) is 57.7 Å². The normalized spacial score (nSPS) is 16.8. The van der Waals surface area contributed by atoms with Crippen molar-refractivity contribution in [2.75, 3.05) is 39.8 Å². The lowest BCUT2D eigenvalue weighted by atomic mass is 10.2. The van der Waals surface area contributed by atoms with Crippen LogP contribution in [-0.4, -0.2) is 66.5 Å². The van der Waals surface area contributed by atoms with Gasteiger partial charge in [0.2, 0.25) is 5.91 Å². The molecule has 6 nitrogen and oxygen atoms in total. The Labute approximate surface area is 177 Å². The van der Waals surface area contributed by atoms with Crippen molar-refractivity contribution in [3.8, 4) is 5.75 Å². The molecule has 2 aromatic rings. The van der Waals surface area contributed by atoms with Gasteiger partial charge in [0, 0.05) is 50.2 Å². The van der Waals surface area contributed by atoms with Crippen molar-refractivity contribution in [3.63, 3.8) is 0 Å². The lowest BCUT2D eigenvalue weighted by Gasteiger charge is -2.36. The van der Waals surface area contributed by atoms with Gasteiger partial charge in [0.05, 0.1) is 10.7 Å². The highest BCUT2D eigenvalue weighted by atomic mass is 32.1. The maximum Gasteiger partial charge on any atom is 0.244 e. The molecule has 29 heavy (non-hydrogen) atoms. The Morgan fingerprint density at radius 3 is 2.86 bits per heavy atom. The number of benzene rings is 1. The number of likely N-dealkylation sites (N-methyl/N-ethyl adjacent to an activating group) is 1. The van der Waals surface area contributed by atoms with Crippen LogP contribution in [0, 0.1) is 6.92 Å². The molecule has 1 amide bonds. The van der Waals surface area contributed by atoms with Crippen molar-refractivity contribution >= 4 is 23.3 Å². The summed E-state index contributed by atoms with van der Waals surface area (Å²) in [7, 11) is 2.15. The van der Waals surface area contributed by atoms with Crippen LogP contribution >= 0.6 is 11.3 Å². The molecule has 1 aliphatic heterocycles. The number of ether oxygens (including phenoxy) is 1. The fourth-order valence-corrected chi connectivity index (χ4v) is 3.81. The van der Waals surface area contributed by atoms with Crippen molar-refractivity contribution in [2.45, 2.75) is 26.5 Å². The van der Waals surface area contributed by atoms with E-state index in [9.17, 15) is 4.79 Å². The van der Waals surface area contributed by atoms with Crippen LogP contribution < -0.4 is 10.1 Å². The van der Waals surface area contributed by atoms with Crippen LogP contribution in [0.25, 0.3) is 6.08 Å². The lowest BCUT2D eigenvalue weighted by molar-refractivity contribution is -0.116. The SMILES string of the molecule is Cc1nc(COc2cccc(/C=C/C(=O)NCC(C)N3CCN(C)CC3)c2)cs1. The molecule has 156 valence electrons. The average Bonchev–Trinajstić information content (AvgIpc) is 3.15. The average molecular weight is 415 g/mol. The molecule has 0 radical (unpaired) electrons. The van der Waals surface area contributed by atoms with Crippen molar-refractivity contribution in [2.24, 2.45) is 0 Å². The summed E-state index contributed by atoms with van der Waals surface area (Å²) in [6.45, 7) is 9.52. The van der Waals surface area contributed by atoms with Gasteiger partial charge in [-0.15, -0.1) is 11.3 Å². The summed E-state index contributed by atoms with van der Waals surface area (Å²) < 4.78 is 5.81. The Morgan fingerprint density at radius 2 is 2.14 bits per heavy atom. The summed E-state index contributed by atoms with van der Waals surface area (Å²) in [4.78, 5) is 21.3. The van der Waals surface area contributed by atoms with E-state index in [0.29, 0.717) is 19.2 Å². The van der Waals surface area contributed by atoms with Gasteiger partial charge >= 0.3 is 0 Å². The number of carbonyl (C=O) groups is 1. The summed E-state index contributed by atoms with van der Waals surface area (Å²) >= 11 is 1.62. The smallest absolute Gasteiger partial charge is 0.244 e. The molecule has 1 atom stereocenters. The molecule has 1 saturated heterocycles. The van der Waals surface area contributed by atoms with E-state index >= 15 is 0 Å². The summed E-state index contributed by atoms with van der Waals surface area (Å²) in [6.07, 6.45) is 3.40. The van der Waals surface area contributed by atoms with E-state index in [0.717, 1.165) is 48.2 Å². The zero-order chi connectivity index (χ0) is 20.6. The number of aromatic nitrogens is 1. The number of thiazole rings is 1. The van der Waals surface area contributed by atoms with Crippen LogP contribution in [0.4, 0.5) is 0 Å². The van der Waals surface area contributed by atoms with E-state index in [2.05, 4.69) is 34.1 Å². The number of piperazine rings is 1. The zero-order valence-electron chi connectivity index (χ0n) is 17.4. The van der Waals surface area contributed by atoms with E-state index in [4.69, 9.17) is 4.74 Å². The van der Waals surface area contributed by atoms with Gasteiger partial charge in [-0.1, -0.05) is 12.1 Å². The maximum atomic E-state index is 12.2. The molecule has 1 fully saturated rings. The Balaban J connectivity index is 1.44. The molecule has 1 aromatic carbocycles. The molecule has 1 unspecified atom stereocenters. The van der Waals surface area contributed by atoms with Gasteiger partial charge in [0.15, 0.2) is 0 Å². The first-order valence-electron chi connectivity index (χ1n) is 10.0. The Hall–Kier alpha value is -2.22. The van der Waals surface area contributed by atoms with Crippen molar-refractivity contribution in [3.05, 3.63) is 52.0 Å². The third kappa shape index (κ3) is 6.96. The molecule has 1 N–H and O–H groups in total. The molecule has 2 heterocycles. The number of hydrogen-bond acceptors (Lipinski definition) is 6. The highest BCUT2D eigenvalue weighted by Crippen LogP contribution is 2.17. The number of aryl methyl sites for hydroxylation is 1. The molecule has 0 bridgehead atoms. The van der Waals surface area contributed by atoms with Crippen molar-refractivity contribution in [1.29, 1.82) is 0 Å². The van der Waals surface area contributed by atoms with E-state index < -0.39 is 0 Å². The fraction of sp³-hybridized carbons (Fsp3) is 0.455. The summed E-state index contributed by atoms with van der Waals surface area (Å²) in [5.41, 5.74) is 1.86. The fourth-order valence-electron chi connectivity index (χ4n) is 3.21. The van der Waals surface area contributed by atoms with E-state index in [1.54, 1.807) is 17.4 Å². The molecular formula is C22H30N4O2S. The first-order valence-corrected chi connectivity index (χ1v) is 10.9. The van der Waals surface area contributed by atoms with Crippen LogP contribution in [0.2, 0.25) is 0 Å². The second kappa shape index (κ2) is 10.5. The quantitative estimate of drug-likeness (QED) is 0.673. The lowest BCUT2D eigenvalue weighted by Crippen LogP contribution is -2.51. The highest BCUT2D eigenvalue weighted by Gasteiger charge is 2.18. The molecule has 3 rings (SSSR count). The molecule has 7 heteroatoms. The van der Waals surface area contributed by atoms with Gasteiger partial charge in [0.25, 0.3) is 0 Å². The van der Waals surface area contributed by atoms with Crippen LogP contribution in [0.1, 0.15) is 23.2 Å². The van der Waals surface area contributed by atoms with Crippen LogP contribution in [0.15, 0.2) is 35.7 Å². The number of rotatable bonds is 8. The standard InChI is InChI=1S/C22H30N4O2S/c1-17(26-11-9-25(3)10-12-26)14-23-22(27)8-7-19-5-4-6-21(13-19)28-15-20-16-29-18(2)24-20/h4-8,13,16-17H,9-12,14-15H2,1-3H3,(H,23,27)/b8-7+. The number of amides is 1. The third-order valence-corrected chi connectivity index (χ3v) is 5.89. The molecule has 1 aliphatic rings. The van der Waals surface area contributed by atoms with E-state index in [1.807, 2.05) is 42.6 Å². The highest BCUT2D eigenvalue weighted by molar-refractivity contribution is 7.09. The van der Waals surface area contributed by atoms with Crippen LogP contribution in [0.5, 0.6) is 5.75 Å². The van der Waals surface area contributed by atoms with Gasteiger partial charge in [-0.2, -0.15) is 0 Å². The van der Waals surface area contributed by atoms with Gasteiger partial charge in [0.1, 0.15) is 12.4 Å². The van der Waals surface area contributed by atoms with Gasteiger partial charge in [-0.3, -0.25) is 9.69 Å². The number of nitrogens with one attached hydrogen (secondary N) is 1. The number of nitrogens with zero attached hydrogens (tertiary/aromatic N) is 3. The molecule has 0 aliphatic carbocycles. The second-order valence-corrected chi connectivity index (χ2v) is 8.55. The summed E-state index contributed by atoms with van der Waals surface area (Å²) in [6, 6.07) is 8.06. The minimum absolute atomic E-state index is 0.0738. The zero-order valence-corrected chi connectivity index (χ0v) is 18.2. The molecule has 0 saturated carbocycles. The van der Waals surface area contributed by atoms with Gasteiger partial charge in [-0.05, 0) is 44.7 Å². The molecular weight excluding hydrogens is 384 g/mol. The van der Waals surface area contributed by atoms with Gasteiger partial charge in [-0.25, -0.2) is 4.98 Å². The molecule has 0 spiro atoms.